The van der Waals surface area contributed by atoms with E-state index < -0.39 is 35.4 Å². The Hall–Kier alpha value is -3.55. The van der Waals surface area contributed by atoms with Crippen molar-refractivity contribution in [3.63, 3.8) is 0 Å². The fraction of sp³-hybridized carbons (Fsp3) is 0.320. The van der Waals surface area contributed by atoms with Gasteiger partial charge in [-0.05, 0) is 55.9 Å². The van der Waals surface area contributed by atoms with Gasteiger partial charge in [0.2, 0.25) is 0 Å². The first-order chi connectivity index (χ1) is 15.8. The average Bonchev–Trinajstić information content (AvgIpc) is 2.70. The maximum absolute atomic E-state index is 14.9. The van der Waals surface area contributed by atoms with E-state index in [0.29, 0.717) is 11.1 Å². The number of benzene rings is 2. The second kappa shape index (κ2) is 8.77. The smallest absolute Gasteiger partial charge is 0.350 e. The third-order valence-corrected chi connectivity index (χ3v) is 6.33. The van der Waals surface area contributed by atoms with E-state index in [-0.39, 0.29) is 40.5 Å². The zero-order valence-corrected chi connectivity index (χ0v) is 18.2. The quantitative estimate of drug-likeness (QED) is 0.300. The molecule has 2 N–H and O–H groups in total. The van der Waals surface area contributed by atoms with Crippen LogP contribution >= 0.6 is 0 Å². The van der Waals surface area contributed by atoms with Crippen LogP contribution in [0.5, 0.6) is 0 Å². The number of fused-ring (bicyclic) bond motifs is 1. The molecule has 0 unspecified atom stereocenters. The van der Waals surface area contributed by atoms with Crippen molar-refractivity contribution < 1.29 is 32.6 Å². The van der Waals surface area contributed by atoms with Gasteiger partial charge in [0.1, 0.15) is 28.5 Å². The highest BCUT2D eigenvalue weighted by molar-refractivity contribution is 6.27. The maximum Gasteiger partial charge on any atom is 0.350 e. The molecule has 0 radical (unpaired) electrons. The van der Waals surface area contributed by atoms with Crippen LogP contribution in [0.4, 0.5) is 8.78 Å². The first-order valence-electron chi connectivity index (χ1n) is 10.8. The molecule has 0 aromatic heterocycles. The van der Waals surface area contributed by atoms with Crippen molar-refractivity contribution in [3.05, 3.63) is 75.5 Å². The van der Waals surface area contributed by atoms with Crippen LogP contribution < -0.4 is 5.73 Å². The molecule has 6 nitrogen and oxygen atoms in total. The summed E-state index contributed by atoms with van der Waals surface area (Å²) in [6, 6.07) is 6.81. The van der Waals surface area contributed by atoms with Crippen molar-refractivity contribution in [2.24, 2.45) is 11.7 Å². The molecule has 1 saturated carbocycles. The van der Waals surface area contributed by atoms with Crippen LogP contribution in [-0.2, 0) is 14.3 Å². The normalized spacial score (nSPS) is 18.2. The van der Waals surface area contributed by atoms with Crippen LogP contribution in [-0.4, -0.2) is 24.5 Å². The summed E-state index contributed by atoms with van der Waals surface area (Å²) in [6.07, 6.45) is 2.47. The molecule has 0 bridgehead atoms. The largest absolute Gasteiger partial charge is 0.498 e. The standard InChI is InChI=1S/C25H23F2NO5/c1-3-32-12(2)18-21-15(10-11-17(27)22(21)25(31)33-24(18)30)19(13-6-4-7-13)14-8-5-9-16(26)20(14)23(28)29/h5,8-11,13,19H,3-4,6-7H2,1-2H3,(H2,28,29)/b18-12+/t19-/m1/s1. The zero-order chi connectivity index (χ0) is 23.9. The molecule has 0 spiro atoms. The lowest BCUT2D eigenvalue weighted by atomic mass is 9.67. The topological polar surface area (TPSA) is 95.7 Å². The second-order valence-electron chi connectivity index (χ2n) is 8.16. The van der Waals surface area contributed by atoms with Crippen molar-refractivity contribution >= 4 is 23.4 Å². The van der Waals surface area contributed by atoms with Gasteiger partial charge in [0, 0.05) is 11.5 Å². The highest BCUT2D eigenvalue weighted by Gasteiger charge is 2.41. The average molecular weight is 455 g/mol. The van der Waals surface area contributed by atoms with Crippen LogP contribution in [0, 0.1) is 17.6 Å². The third kappa shape index (κ3) is 3.79. The number of rotatable bonds is 6. The number of esters is 2. The summed E-state index contributed by atoms with van der Waals surface area (Å²) in [7, 11) is 0. The van der Waals surface area contributed by atoms with Gasteiger partial charge in [-0.2, -0.15) is 0 Å². The van der Waals surface area contributed by atoms with Crippen LogP contribution in [0.1, 0.15) is 76.4 Å². The van der Waals surface area contributed by atoms with Gasteiger partial charge in [-0.3, -0.25) is 4.79 Å². The molecule has 2 aromatic rings. The summed E-state index contributed by atoms with van der Waals surface area (Å²) < 4.78 is 39.9. The number of hydrogen-bond donors (Lipinski definition) is 1. The van der Waals surface area contributed by atoms with E-state index in [2.05, 4.69) is 0 Å². The van der Waals surface area contributed by atoms with Crippen molar-refractivity contribution in [2.45, 2.75) is 39.0 Å². The minimum absolute atomic E-state index is 0.0267. The summed E-state index contributed by atoms with van der Waals surface area (Å²) in [6.45, 7) is 3.49. The van der Waals surface area contributed by atoms with E-state index in [4.69, 9.17) is 15.2 Å². The fourth-order valence-corrected chi connectivity index (χ4v) is 4.73. The number of hydrogen-bond acceptors (Lipinski definition) is 5. The Balaban J connectivity index is 2.07. The first kappa shape index (κ1) is 22.6. The van der Waals surface area contributed by atoms with Gasteiger partial charge in [-0.15, -0.1) is 0 Å². The monoisotopic (exact) mass is 455 g/mol. The number of cyclic esters (lactones) is 2. The lowest BCUT2D eigenvalue weighted by Gasteiger charge is -2.37. The Morgan fingerprint density at radius 2 is 1.82 bits per heavy atom. The first-order valence-corrected chi connectivity index (χ1v) is 10.8. The number of primary amides is 1. The lowest BCUT2D eigenvalue weighted by molar-refractivity contribution is -0.131. The molecule has 2 aromatic carbocycles. The molecule has 1 atom stereocenters. The highest BCUT2D eigenvalue weighted by Crippen LogP contribution is 2.48. The molecule has 172 valence electrons. The fourth-order valence-electron chi connectivity index (χ4n) is 4.73. The summed E-state index contributed by atoms with van der Waals surface area (Å²) in [5, 5.41) is 0. The zero-order valence-electron chi connectivity index (χ0n) is 18.2. The van der Waals surface area contributed by atoms with Gasteiger partial charge >= 0.3 is 11.9 Å². The molecule has 1 heterocycles. The van der Waals surface area contributed by atoms with Crippen LogP contribution in [0.15, 0.2) is 36.1 Å². The van der Waals surface area contributed by atoms with Crippen LogP contribution in [0.25, 0.3) is 5.57 Å². The van der Waals surface area contributed by atoms with Gasteiger partial charge in [0.25, 0.3) is 5.91 Å². The number of nitrogens with two attached hydrogens (primary N) is 1. The number of allylic oxidation sites excluding steroid dienone is 1. The number of halogens is 2. The van der Waals surface area contributed by atoms with E-state index in [0.717, 1.165) is 31.4 Å². The van der Waals surface area contributed by atoms with Crippen molar-refractivity contribution in [2.75, 3.05) is 6.61 Å². The summed E-state index contributed by atoms with van der Waals surface area (Å²) >= 11 is 0. The maximum atomic E-state index is 14.9. The number of ether oxygens (including phenoxy) is 2. The molecule has 0 saturated heterocycles. The summed E-state index contributed by atoms with van der Waals surface area (Å²) in [5.74, 6) is -5.07. The Bertz CT molecular complexity index is 1200. The molecule has 2 aliphatic rings. The molecular formula is C25H23F2NO5. The molecule has 1 aliphatic heterocycles. The molecule has 4 rings (SSSR count). The van der Waals surface area contributed by atoms with Crippen molar-refractivity contribution in [3.8, 4) is 0 Å². The Kier molecular flexibility index (Phi) is 6.01. The third-order valence-electron chi connectivity index (χ3n) is 6.33. The summed E-state index contributed by atoms with van der Waals surface area (Å²) in [5.41, 5.74) is 5.61. The van der Waals surface area contributed by atoms with Gasteiger partial charge in [0.15, 0.2) is 0 Å². The minimum atomic E-state index is -1.11. The van der Waals surface area contributed by atoms with E-state index in [1.807, 2.05) is 0 Å². The minimum Gasteiger partial charge on any atom is -0.498 e. The lowest BCUT2D eigenvalue weighted by Crippen LogP contribution is -2.30. The van der Waals surface area contributed by atoms with Crippen LogP contribution in [0.3, 0.4) is 0 Å². The van der Waals surface area contributed by atoms with Crippen molar-refractivity contribution in [1.29, 1.82) is 0 Å². The van der Waals surface area contributed by atoms with Gasteiger partial charge < -0.3 is 15.2 Å². The molecule has 8 heteroatoms. The van der Waals surface area contributed by atoms with Gasteiger partial charge in [0.05, 0.1) is 12.2 Å². The number of carbonyl (C=O) groups excluding carboxylic acids is 3. The van der Waals surface area contributed by atoms with E-state index in [1.165, 1.54) is 19.1 Å². The predicted octanol–water partition coefficient (Wildman–Crippen LogP) is 4.46. The number of carbonyl (C=O) groups is 3. The summed E-state index contributed by atoms with van der Waals surface area (Å²) in [4.78, 5) is 37.5. The molecular weight excluding hydrogens is 432 g/mol. The highest BCUT2D eigenvalue weighted by atomic mass is 19.1. The van der Waals surface area contributed by atoms with Crippen molar-refractivity contribution in [1.82, 2.24) is 0 Å². The van der Waals surface area contributed by atoms with Crippen LogP contribution in [0.2, 0.25) is 0 Å². The van der Waals surface area contributed by atoms with E-state index in [9.17, 15) is 23.2 Å². The Morgan fingerprint density at radius 3 is 2.42 bits per heavy atom. The number of amides is 1. The van der Waals surface area contributed by atoms with E-state index >= 15 is 0 Å². The molecule has 1 amide bonds. The second-order valence-corrected chi connectivity index (χ2v) is 8.16. The predicted molar refractivity (Wildman–Crippen MR) is 115 cm³/mol. The molecule has 33 heavy (non-hydrogen) atoms. The molecule has 1 aliphatic carbocycles. The molecule has 1 fully saturated rings. The Labute approximate surface area is 189 Å². The van der Waals surface area contributed by atoms with E-state index in [1.54, 1.807) is 13.0 Å². The Morgan fingerprint density at radius 1 is 1.09 bits per heavy atom. The van der Waals surface area contributed by atoms with Gasteiger partial charge in [-0.25, -0.2) is 18.4 Å². The van der Waals surface area contributed by atoms with Gasteiger partial charge in [-0.1, -0.05) is 24.6 Å². The SMILES string of the molecule is CCO/C(C)=C1/C(=O)OC(=O)c2c(F)ccc([C@@H](c3cccc(F)c3C(N)=O)C3CCC3)c21.